The lowest BCUT2D eigenvalue weighted by atomic mass is 9.89. The van der Waals surface area contributed by atoms with Crippen molar-refractivity contribution >= 4 is 28.6 Å². The van der Waals surface area contributed by atoms with Gasteiger partial charge in [0.15, 0.2) is 0 Å². The zero-order valence-corrected chi connectivity index (χ0v) is 19.2. The molecule has 0 unspecified atom stereocenters. The minimum absolute atomic E-state index is 0.538. The fourth-order valence-electron chi connectivity index (χ4n) is 4.97. The van der Waals surface area contributed by atoms with Crippen molar-refractivity contribution in [3.8, 4) is 0 Å². The second-order valence-corrected chi connectivity index (χ2v) is 9.11. The number of benzene rings is 1. The van der Waals surface area contributed by atoms with Crippen molar-refractivity contribution in [3.63, 3.8) is 0 Å². The van der Waals surface area contributed by atoms with E-state index in [1.165, 1.54) is 49.9 Å². The molecule has 0 bridgehead atoms. The third-order valence-electron chi connectivity index (χ3n) is 6.62. The molecule has 0 radical (unpaired) electrons. The van der Waals surface area contributed by atoms with Crippen LogP contribution in [0.15, 0.2) is 18.2 Å². The highest BCUT2D eigenvalue weighted by Gasteiger charge is 2.16. The number of hydrogen-bond acceptors (Lipinski definition) is 7. The predicted octanol–water partition coefficient (Wildman–Crippen LogP) is 4.56. The van der Waals surface area contributed by atoms with Crippen LogP contribution >= 0.6 is 0 Å². The zero-order chi connectivity index (χ0) is 21.9. The molecule has 168 valence electrons. The summed E-state index contributed by atoms with van der Waals surface area (Å²) in [4.78, 5) is 21.4. The topological polar surface area (TPSA) is 78.9 Å². The molecule has 0 spiro atoms. The standard InChI is InChI=1S/C25H33N7/c1-17-16-22(26-12-7-15-32-13-5-6-14-32)29-24(27-17)31-25-28-18(2)20-11-10-19-8-3-4-9-21(19)23(20)30-25/h10-11,16H,3-9,12-15H2,1-2H3,(H2,26,27,28,29,30,31). The molecule has 1 fully saturated rings. The molecule has 0 saturated carbocycles. The van der Waals surface area contributed by atoms with Gasteiger partial charge < -0.3 is 10.2 Å². The van der Waals surface area contributed by atoms with E-state index in [0.29, 0.717) is 11.9 Å². The lowest BCUT2D eigenvalue weighted by molar-refractivity contribution is 0.337. The van der Waals surface area contributed by atoms with Crippen LogP contribution in [-0.2, 0) is 12.8 Å². The van der Waals surface area contributed by atoms with Crippen molar-refractivity contribution < 1.29 is 0 Å². The van der Waals surface area contributed by atoms with Gasteiger partial charge in [-0.1, -0.05) is 12.1 Å². The first kappa shape index (κ1) is 21.1. The Hall–Kier alpha value is -2.80. The molecular weight excluding hydrogens is 398 g/mol. The van der Waals surface area contributed by atoms with Gasteiger partial charge >= 0.3 is 0 Å². The maximum absolute atomic E-state index is 4.90. The van der Waals surface area contributed by atoms with Gasteiger partial charge in [0.2, 0.25) is 11.9 Å². The van der Waals surface area contributed by atoms with E-state index in [1.807, 2.05) is 13.0 Å². The molecule has 1 aliphatic carbocycles. The number of fused-ring (bicyclic) bond motifs is 3. The molecule has 1 aromatic carbocycles. The highest BCUT2D eigenvalue weighted by Crippen LogP contribution is 2.30. The molecule has 3 aromatic rings. The second-order valence-electron chi connectivity index (χ2n) is 9.11. The van der Waals surface area contributed by atoms with E-state index in [2.05, 4.69) is 44.6 Å². The molecule has 3 heterocycles. The van der Waals surface area contributed by atoms with Crippen molar-refractivity contribution in [2.75, 3.05) is 36.8 Å². The lowest BCUT2D eigenvalue weighted by Crippen LogP contribution is -2.22. The second kappa shape index (κ2) is 9.36. The van der Waals surface area contributed by atoms with Crippen LogP contribution in [0.25, 0.3) is 10.9 Å². The van der Waals surface area contributed by atoms with E-state index in [-0.39, 0.29) is 0 Å². The Kier molecular flexibility index (Phi) is 6.17. The van der Waals surface area contributed by atoms with E-state index < -0.39 is 0 Å². The third-order valence-corrected chi connectivity index (χ3v) is 6.62. The Morgan fingerprint density at radius 1 is 0.906 bits per heavy atom. The van der Waals surface area contributed by atoms with Crippen LogP contribution in [0.5, 0.6) is 0 Å². The number of nitrogens with zero attached hydrogens (tertiary/aromatic N) is 5. The number of rotatable bonds is 7. The van der Waals surface area contributed by atoms with Gasteiger partial charge in [0.1, 0.15) is 5.82 Å². The van der Waals surface area contributed by atoms with Crippen molar-refractivity contribution in [3.05, 3.63) is 40.7 Å². The molecule has 5 rings (SSSR count). The van der Waals surface area contributed by atoms with Gasteiger partial charge in [0.25, 0.3) is 0 Å². The minimum atomic E-state index is 0.538. The average Bonchev–Trinajstić information content (AvgIpc) is 3.30. The molecule has 7 heteroatoms. The fourth-order valence-corrected chi connectivity index (χ4v) is 4.97. The summed E-state index contributed by atoms with van der Waals surface area (Å²) in [5.74, 6) is 1.95. The van der Waals surface area contributed by atoms with E-state index in [9.17, 15) is 0 Å². The van der Waals surface area contributed by atoms with E-state index in [1.54, 1.807) is 0 Å². The SMILES string of the molecule is Cc1cc(NCCCN2CCCC2)nc(Nc2nc(C)c3ccc4c(c3n2)CCCC4)n1. The molecule has 7 nitrogen and oxygen atoms in total. The van der Waals surface area contributed by atoms with Crippen LogP contribution in [0.1, 0.15) is 54.6 Å². The highest BCUT2D eigenvalue weighted by molar-refractivity contribution is 5.86. The monoisotopic (exact) mass is 431 g/mol. The molecule has 2 aliphatic rings. The molecule has 1 aliphatic heterocycles. The fraction of sp³-hybridized carbons (Fsp3) is 0.520. The molecule has 2 aromatic heterocycles. The zero-order valence-electron chi connectivity index (χ0n) is 19.2. The number of likely N-dealkylation sites (tertiary alicyclic amines) is 1. The summed E-state index contributed by atoms with van der Waals surface area (Å²) in [6, 6.07) is 6.42. The molecule has 0 amide bonds. The maximum atomic E-state index is 4.90. The lowest BCUT2D eigenvalue weighted by Gasteiger charge is -2.18. The molecule has 32 heavy (non-hydrogen) atoms. The minimum Gasteiger partial charge on any atom is -0.370 e. The van der Waals surface area contributed by atoms with E-state index >= 15 is 0 Å². The van der Waals surface area contributed by atoms with Crippen LogP contribution in [0.3, 0.4) is 0 Å². The van der Waals surface area contributed by atoms with Gasteiger partial charge in [-0.25, -0.2) is 15.0 Å². The molecular formula is C25H33N7. The summed E-state index contributed by atoms with van der Waals surface area (Å²) in [5.41, 5.74) is 5.79. The van der Waals surface area contributed by atoms with Crippen LogP contribution in [-0.4, -0.2) is 51.0 Å². The number of aromatic nitrogens is 4. The Labute approximate surface area is 190 Å². The third kappa shape index (κ3) is 4.67. The summed E-state index contributed by atoms with van der Waals surface area (Å²) in [6.45, 7) is 8.59. The van der Waals surface area contributed by atoms with Crippen molar-refractivity contribution in [1.82, 2.24) is 24.8 Å². The smallest absolute Gasteiger partial charge is 0.231 e. The first-order chi connectivity index (χ1) is 15.7. The number of hydrogen-bond donors (Lipinski definition) is 2. The predicted molar refractivity (Wildman–Crippen MR) is 130 cm³/mol. The van der Waals surface area contributed by atoms with Crippen LogP contribution in [0, 0.1) is 13.8 Å². The van der Waals surface area contributed by atoms with Gasteiger partial charge in [-0.3, -0.25) is 5.32 Å². The van der Waals surface area contributed by atoms with Gasteiger partial charge in [-0.05, 0) is 89.6 Å². The van der Waals surface area contributed by atoms with Crippen molar-refractivity contribution in [2.24, 2.45) is 0 Å². The average molecular weight is 432 g/mol. The first-order valence-electron chi connectivity index (χ1n) is 12.0. The Morgan fingerprint density at radius 2 is 1.72 bits per heavy atom. The van der Waals surface area contributed by atoms with E-state index in [0.717, 1.165) is 60.5 Å². The van der Waals surface area contributed by atoms with Crippen LogP contribution in [0.2, 0.25) is 0 Å². The van der Waals surface area contributed by atoms with Gasteiger partial charge in [0, 0.05) is 23.7 Å². The Bertz CT molecular complexity index is 1110. The van der Waals surface area contributed by atoms with Crippen molar-refractivity contribution in [2.45, 2.75) is 58.8 Å². The largest absolute Gasteiger partial charge is 0.370 e. The number of aryl methyl sites for hydroxylation is 4. The summed E-state index contributed by atoms with van der Waals surface area (Å²) < 4.78 is 0. The van der Waals surface area contributed by atoms with Gasteiger partial charge in [-0.2, -0.15) is 4.98 Å². The highest BCUT2D eigenvalue weighted by atomic mass is 15.2. The molecule has 2 N–H and O–H groups in total. The Balaban J connectivity index is 1.32. The van der Waals surface area contributed by atoms with Gasteiger partial charge in [0.05, 0.1) is 11.2 Å². The van der Waals surface area contributed by atoms with Crippen LogP contribution in [0.4, 0.5) is 17.7 Å². The van der Waals surface area contributed by atoms with Crippen molar-refractivity contribution in [1.29, 1.82) is 0 Å². The van der Waals surface area contributed by atoms with Crippen LogP contribution < -0.4 is 10.6 Å². The summed E-state index contributed by atoms with van der Waals surface area (Å²) >= 11 is 0. The summed E-state index contributed by atoms with van der Waals surface area (Å²) in [6.07, 6.45) is 8.52. The molecule has 1 saturated heterocycles. The quantitative estimate of drug-likeness (QED) is 0.531. The Morgan fingerprint density at radius 3 is 2.59 bits per heavy atom. The summed E-state index contributed by atoms with van der Waals surface area (Å²) in [7, 11) is 0. The van der Waals surface area contributed by atoms with E-state index in [4.69, 9.17) is 9.97 Å². The van der Waals surface area contributed by atoms with Gasteiger partial charge in [-0.15, -0.1) is 0 Å². The first-order valence-corrected chi connectivity index (χ1v) is 12.0. The molecule has 0 atom stereocenters. The number of nitrogens with one attached hydrogen (secondary N) is 2. The maximum Gasteiger partial charge on any atom is 0.231 e. The number of anilines is 3. The normalized spacial score (nSPS) is 16.3. The summed E-state index contributed by atoms with van der Waals surface area (Å²) in [5, 5.41) is 7.87.